The molecule has 0 spiro atoms. The van der Waals surface area contributed by atoms with Crippen LogP contribution in [0.15, 0.2) is 0 Å². The molecule has 14 heavy (non-hydrogen) atoms. The van der Waals surface area contributed by atoms with Crippen molar-refractivity contribution in [2.75, 3.05) is 0 Å². The van der Waals surface area contributed by atoms with Gasteiger partial charge in [-0.2, -0.15) is 0 Å². The zero-order valence-electron chi connectivity index (χ0n) is 9.64. The van der Waals surface area contributed by atoms with E-state index >= 15 is 0 Å². The first kappa shape index (κ1) is 10.5. The SMILES string of the molecule is C1CCC(CCCCC2CCCC2)C1. The second-order valence-corrected chi connectivity index (χ2v) is 5.59. The lowest BCUT2D eigenvalue weighted by molar-refractivity contribution is 0.425. The van der Waals surface area contributed by atoms with Crippen LogP contribution in [0, 0.1) is 11.8 Å². The van der Waals surface area contributed by atoms with Gasteiger partial charge >= 0.3 is 0 Å². The smallest absolute Gasteiger partial charge is 0.0414 e. The van der Waals surface area contributed by atoms with Crippen LogP contribution in [0.5, 0.6) is 0 Å². The lowest BCUT2D eigenvalue weighted by atomic mass is 9.96. The molecule has 0 aromatic carbocycles. The van der Waals surface area contributed by atoms with E-state index in [1.165, 1.54) is 38.5 Å². The van der Waals surface area contributed by atoms with Crippen molar-refractivity contribution >= 4 is 0 Å². The average molecular weight is 194 g/mol. The maximum absolute atomic E-state index is 1.55. The minimum absolute atomic E-state index is 1.12. The standard InChI is InChI=1S/C14H26/c1-2-8-13(7-1)11-5-6-12-14-9-3-4-10-14/h13-14H,1-12H2. The molecule has 0 aromatic heterocycles. The summed E-state index contributed by atoms with van der Waals surface area (Å²) in [5.74, 6) is 2.25. The molecule has 2 saturated carbocycles. The summed E-state index contributed by atoms with van der Waals surface area (Å²) in [5.41, 5.74) is 0. The van der Waals surface area contributed by atoms with Gasteiger partial charge in [0.15, 0.2) is 0 Å². The predicted molar refractivity (Wildman–Crippen MR) is 62.4 cm³/mol. The van der Waals surface area contributed by atoms with Crippen LogP contribution in [0.2, 0.25) is 0 Å². The number of hydrogen-bond donors (Lipinski definition) is 0. The topological polar surface area (TPSA) is 0 Å². The van der Waals surface area contributed by atoms with E-state index in [1.54, 1.807) is 38.5 Å². The molecule has 0 radical (unpaired) electrons. The molecule has 0 N–H and O–H groups in total. The minimum atomic E-state index is 1.12. The second-order valence-electron chi connectivity index (χ2n) is 5.59. The van der Waals surface area contributed by atoms with Crippen LogP contribution in [0.4, 0.5) is 0 Å². The van der Waals surface area contributed by atoms with Crippen molar-refractivity contribution in [3.05, 3.63) is 0 Å². The molecular weight excluding hydrogens is 168 g/mol. The highest BCUT2D eigenvalue weighted by Gasteiger charge is 2.16. The van der Waals surface area contributed by atoms with E-state index in [4.69, 9.17) is 0 Å². The van der Waals surface area contributed by atoms with E-state index in [0.717, 1.165) is 11.8 Å². The Morgan fingerprint density at radius 3 is 1.29 bits per heavy atom. The van der Waals surface area contributed by atoms with E-state index in [9.17, 15) is 0 Å². The number of hydrogen-bond acceptors (Lipinski definition) is 0. The lowest BCUT2D eigenvalue weighted by Gasteiger charge is -2.10. The molecule has 0 bridgehead atoms. The van der Waals surface area contributed by atoms with E-state index in [1.807, 2.05) is 0 Å². The summed E-state index contributed by atoms with van der Waals surface area (Å²) in [5, 5.41) is 0. The highest BCUT2D eigenvalue weighted by atomic mass is 14.2. The van der Waals surface area contributed by atoms with Crippen molar-refractivity contribution in [3.8, 4) is 0 Å². The van der Waals surface area contributed by atoms with E-state index in [0.29, 0.717) is 0 Å². The van der Waals surface area contributed by atoms with E-state index < -0.39 is 0 Å². The Morgan fingerprint density at radius 2 is 0.929 bits per heavy atom. The van der Waals surface area contributed by atoms with Gasteiger partial charge in [-0.3, -0.25) is 0 Å². The molecule has 0 heterocycles. The van der Waals surface area contributed by atoms with Crippen molar-refractivity contribution in [1.82, 2.24) is 0 Å². The van der Waals surface area contributed by atoms with Gasteiger partial charge in [0.1, 0.15) is 0 Å². The quantitative estimate of drug-likeness (QED) is 0.544. The Hall–Kier alpha value is 0. The molecule has 0 nitrogen and oxygen atoms in total. The van der Waals surface area contributed by atoms with Gasteiger partial charge in [0.25, 0.3) is 0 Å². The van der Waals surface area contributed by atoms with Crippen molar-refractivity contribution in [2.45, 2.75) is 77.0 Å². The summed E-state index contributed by atoms with van der Waals surface area (Å²) in [7, 11) is 0. The Bertz CT molecular complexity index is 120. The van der Waals surface area contributed by atoms with Crippen LogP contribution < -0.4 is 0 Å². The maximum atomic E-state index is 1.55. The third kappa shape index (κ3) is 3.29. The second kappa shape index (κ2) is 5.78. The number of rotatable bonds is 5. The van der Waals surface area contributed by atoms with Crippen LogP contribution in [0.1, 0.15) is 77.0 Å². The maximum Gasteiger partial charge on any atom is -0.0414 e. The van der Waals surface area contributed by atoms with Gasteiger partial charge in [0.2, 0.25) is 0 Å². The van der Waals surface area contributed by atoms with Crippen LogP contribution in [-0.4, -0.2) is 0 Å². The first-order chi connectivity index (χ1) is 6.95. The van der Waals surface area contributed by atoms with Crippen molar-refractivity contribution in [3.63, 3.8) is 0 Å². The minimum Gasteiger partial charge on any atom is -0.0530 e. The van der Waals surface area contributed by atoms with Gasteiger partial charge in [-0.1, -0.05) is 77.0 Å². The molecule has 0 atom stereocenters. The van der Waals surface area contributed by atoms with Crippen molar-refractivity contribution in [1.29, 1.82) is 0 Å². The molecule has 2 aliphatic rings. The third-order valence-electron chi connectivity index (χ3n) is 4.42. The fourth-order valence-electron chi connectivity index (χ4n) is 3.46. The normalized spacial score (nSPS) is 24.9. The van der Waals surface area contributed by atoms with Gasteiger partial charge in [-0.05, 0) is 11.8 Å². The Labute approximate surface area is 89.5 Å². The molecule has 0 amide bonds. The molecule has 0 aromatic rings. The Balaban J connectivity index is 1.46. The summed E-state index contributed by atoms with van der Waals surface area (Å²) in [6.45, 7) is 0. The van der Waals surface area contributed by atoms with Crippen molar-refractivity contribution in [2.24, 2.45) is 11.8 Å². The predicted octanol–water partition coefficient (Wildman–Crippen LogP) is 4.93. The molecule has 2 rings (SSSR count). The molecule has 82 valence electrons. The summed E-state index contributed by atoms with van der Waals surface area (Å²) in [4.78, 5) is 0. The molecule has 2 fully saturated rings. The van der Waals surface area contributed by atoms with Gasteiger partial charge in [-0.25, -0.2) is 0 Å². The Kier molecular flexibility index (Phi) is 4.34. The molecule has 0 saturated heterocycles. The van der Waals surface area contributed by atoms with Gasteiger partial charge in [0.05, 0.1) is 0 Å². The summed E-state index contributed by atoms with van der Waals surface area (Å²) >= 11 is 0. The van der Waals surface area contributed by atoms with Gasteiger partial charge in [-0.15, -0.1) is 0 Å². The third-order valence-corrected chi connectivity index (χ3v) is 4.42. The van der Waals surface area contributed by atoms with E-state index in [-0.39, 0.29) is 0 Å². The molecule has 0 aliphatic heterocycles. The van der Waals surface area contributed by atoms with Crippen LogP contribution in [-0.2, 0) is 0 Å². The van der Waals surface area contributed by atoms with Crippen LogP contribution in [0.3, 0.4) is 0 Å². The zero-order chi connectivity index (χ0) is 9.64. The highest BCUT2D eigenvalue weighted by Crippen LogP contribution is 2.32. The number of unbranched alkanes of at least 4 members (excludes halogenated alkanes) is 1. The highest BCUT2D eigenvalue weighted by molar-refractivity contribution is 4.69. The van der Waals surface area contributed by atoms with Gasteiger partial charge < -0.3 is 0 Å². The van der Waals surface area contributed by atoms with Crippen molar-refractivity contribution < 1.29 is 0 Å². The fourth-order valence-corrected chi connectivity index (χ4v) is 3.46. The zero-order valence-corrected chi connectivity index (χ0v) is 9.64. The van der Waals surface area contributed by atoms with Crippen LogP contribution >= 0.6 is 0 Å². The lowest BCUT2D eigenvalue weighted by Crippen LogP contribution is -1.96. The van der Waals surface area contributed by atoms with E-state index in [2.05, 4.69) is 0 Å². The molecule has 2 aliphatic carbocycles. The molecule has 0 unspecified atom stereocenters. The summed E-state index contributed by atoms with van der Waals surface area (Å²) in [6, 6.07) is 0. The average Bonchev–Trinajstić information content (AvgIpc) is 2.86. The molecule has 0 heteroatoms. The van der Waals surface area contributed by atoms with Gasteiger partial charge in [0, 0.05) is 0 Å². The first-order valence-electron chi connectivity index (χ1n) is 6.95. The molecular formula is C14H26. The summed E-state index contributed by atoms with van der Waals surface area (Å²) < 4.78 is 0. The van der Waals surface area contributed by atoms with Crippen LogP contribution in [0.25, 0.3) is 0 Å². The Morgan fingerprint density at radius 1 is 0.571 bits per heavy atom. The summed E-state index contributed by atoms with van der Waals surface area (Å²) in [6.07, 6.45) is 18.4. The fraction of sp³-hybridized carbons (Fsp3) is 1.00. The monoisotopic (exact) mass is 194 g/mol. The largest absolute Gasteiger partial charge is 0.0530 e. The first-order valence-corrected chi connectivity index (χ1v) is 6.95.